The Morgan fingerprint density at radius 3 is 3.06 bits per heavy atom. The standard InChI is InChI=1S/C11H12ClN3OS/c12-10-7-17-11(15-10)14-4-5-16-9-3-1-2-8(13)6-9/h1-3,6-7H,4-5,13H2,(H,14,15). The molecule has 0 amide bonds. The van der Waals surface area contributed by atoms with Crippen LogP contribution >= 0.6 is 22.9 Å². The van der Waals surface area contributed by atoms with Gasteiger partial charge in [0.15, 0.2) is 5.13 Å². The van der Waals surface area contributed by atoms with Gasteiger partial charge in [0.1, 0.15) is 17.5 Å². The van der Waals surface area contributed by atoms with E-state index < -0.39 is 0 Å². The lowest BCUT2D eigenvalue weighted by atomic mass is 10.3. The Bertz CT molecular complexity index is 489. The zero-order valence-electron chi connectivity index (χ0n) is 9.02. The van der Waals surface area contributed by atoms with Gasteiger partial charge < -0.3 is 15.8 Å². The number of anilines is 2. The topological polar surface area (TPSA) is 60.2 Å². The lowest BCUT2D eigenvalue weighted by Crippen LogP contribution is -2.11. The van der Waals surface area contributed by atoms with Crippen molar-refractivity contribution >= 4 is 33.8 Å². The third-order valence-corrected chi connectivity index (χ3v) is 3.10. The number of aromatic nitrogens is 1. The number of thiazole rings is 1. The summed E-state index contributed by atoms with van der Waals surface area (Å²) in [6, 6.07) is 7.35. The molecule has 90 valence electrons. The molecule has 1 heterocycles. The number of nitrogen functional groups attached to an aromatic ring is 1. The Morgan fingerprint density at radius 1 is 1.47 bits per heavy atom. The third-order valence-electron chi connectivity index (χ3n) is 1.98. The number of ether oxygens (including phenoxy) is 1. The summed E-state index contributed by atoms with van der Waals surface area (Å²) >= 11 is 7.17. The molecule has 0 radical (unpaired) electrons. The van der Waals surface area contributed by atoms with Gasteiger partial charge in [-0.2, -0.15) is 0 Å². The van der Waals surface area contributed by atoms with Crippen molar-refractivity contribution in [3.05, 3.63) is 34.8 Å². The molecule has 0 spiro atoms. The van der Waals surface area contributed by atoms with E-state index in [1.165, 1.54) is 11.3 Å². The van der Waals surface area contributed by atoms with Gasteiger partial charge in [-0.3, -0.25) is 0 Å². The molecule has 1 aromatic heterocycles. The maximum absolute atomic E-state index is 5.70. The molecule has 0 aliphatic rings. The fourth-order valence-corrected chi connectivity index (χ4v) is 2.13. The van der Waals surface area contributed by atoms with Crippen LogP contribution in [0, 0.1) is 0 Å². The molecule has 4 nitrogen and oxygen atoms in total. The van der Waals surface area contributed by atoms with Gasteiger partial charge in [0.2, 0.25) is 0 Å². The summed E-state index contributed by atoms with van der Waals surface area (Å²) in [6.07, 6.45) is 0. The largest absolute Gasteiger partial charge is 0.492 e. The molecule has 0 unspecified atom stereocenters. The van der Waals surface area contributed by atoms with E-state index in [2.05, 4.69) is 10.3 Å². The van der Waals surface area contributed by atoms with E-state index in [0.717, 1.165) is 10.9 Å². The minimum absolute atomic E-state index is 0.509. The van der Waals surface area contributed by atoms with Crippen LogP contribution in [0.3, 0.4) is 0 Å². The summed E-state index contributed by atoms with van der Waals surface area (Å²) in [5, 5.41) is 6.20. The maximum Gasteiger partial charge on any atom is 0.184 e. The van der Waals surface area contributed by atoms with Crippen LogP contribution in [0.2, 0.25) is 5.15 Å². The van der Waals surface area contributed by atoms with E-state index >= 15 is 0 Å². The van der Waals surface area contributed by atoms with Crippen LogP contribution in [-0.2, 0) is 0 Å². The molecule has 2 aromatic rings. The number of nitrogens with one attached hydrogen (secondary N) is 1. The van der Waals surface area contributed by atoms with Crippen molar-refractivity contribution in [2.75, 3.05) is 24.2 Å². The van der Waals surface area contributed by atoms with E-state index in [9.17, 15) is 0 Å². The highest BCUT2D eigenvalue weighted by atomic mass is 35.5. The molecule has 0 fully saturated rings. The molecule has 6 heteroatoms. The van der Waals surface area contributed by atoms with Crippen LogP contribution in [0.4, 0.5) is 10.8 Å². The maximum atomic E-state index is 5.70. The number of rotatable bonds is 5. The third kappa shape index (κ3) is 3.80. The second-order valence-electron chi connectivity index (χ2n) is 3.32. The quantitative estimate of drug-likeness (QED) is 0.647. The van der Waals surface area contributed by atoms with Crippen molar-refractivity contribution in [3.8, 4) is 5.75 Å². The highest BCUT2D eigenvalue weighted by Crippen LogP contribution is 2.18. The lowest BCUT2D eigenvalue weighted by molar-refractivity contribution is 0.333. The van der Waals surface area contributed by atoms with E-state index in [1.54, 1.807) is 11.4 Å². The number of nitrogens with two attached hydrogens (primary N) is 1. The average Bonchev–Trinajstić information content (AvgIpc) is 2.71. The summed E-state index contributed by atoms with van der Waals surface area (Å²) in [5.74, 6) is 0.768. The van der Waals surface area contributed by atoms with E-state index in [-0.39, 0.29) is 0 Å². The van der Waals surface area contributed by atoms with Gasteiger partial charge in [-0.25, -0.2) is 4.98 Å². The van der Waals surface area contributed by atoms with Crippen LogP contribution in [0.25, 0.3) is 0 Å². The Kier molecular flexibility index (Phi) is 4.06. The molecule has 0 saturated heterocycles. The summed E-state index contributed by atoms with van der Waals surface area (Å²) in [6.45, 7) is 1.21. The Hall–Kier alpha value is -1.46. The number of benzene rings is 1. The van der Waals surface area contributed by atoms with Crippen molar-refractivity contribution in [2.24, 2.45) is 0 Å². The van der Waals surface area contributed by atoms with Crippen LogP contribution in [-0.4, -0.2) is 18.1 Å². The van der Waals surface area contributed by atoms with Crippen molar-refractivity contribution in [1.29, 1.82) is 0 Å². The number of hydrogen-bond donors (Lipinski definition) is 2. The molecule has 1 aromatic carbocycles. The zero-order chi connectivity index (χ0) is 12.1. The average molecular weight is 270 g/mol. The first kappa shape index (κ1) is 12.0. The van der Waals surface area contributed by atoms with Gasteiger partial charge in [-0.15, -0.1) is 11.3 Å². The first-order chi connectivity index (χ1) is 8.24. The fourth-order valence-electron chi connectivity index (χ4n) is 1.27. The Morgan fingerprint density at radius 2 is 2.35 bits per heavy atom. The minimum Gasteiger partial charge on any atom is -0.492 e. The SMILES string of the molecule is Nc1cccc(OCCNc2nc(Cl)cs2)c1. The van der Waals surface area contributed by atoms with Crippen LogP contribution in [0.15, 0.2) is 29.6 Å². The molecule has 0 saturated carbocycles. The molecule has 0 bridgehead atoms. The van der Waals surface area contributed by atoms with Gasteiger partial charge in [-0.1, -0.05) is 17.7 Å². The van der Waals surface area contributed by atoms with Gasteiger partial charge in [0.25, 0.3) is 0 Å². The Balaban J connectivity index is 1.73. The van der Waals surface area contributed by atoms with Crippen molar-refractivity contribution in [1.82, 2.24) is 4.98 Å². The first-order valence-electron chi connectivity index (χ1n) is 5.07. The van der Waals surface area contributed by atoms with Gasteiger partial charge in [0, 0.05) is 17.1 Å². The highest BCUT2D eigenvalue weighted by Gasteiger charge is 1.98. The normalized spacial score (nSPS) is 10.2. The molecule has 3 N–H and O–H groups in total. The van der Waals surface area contributed by atoms with Crippen molar-refractivity contribution < 1.29 is 4.74 Å². The smallest absolute Gasteiger partial charge is 0.184 e. The summed E-state index contributed by atoms with van der Waals surface area (Å²) in [5.41, 5.74) is 6.33. The van der Waals surface area contributed by atoms with Gasteiger partial charge in [-0.05, 0) is 12.1 Å². The number of halogens is 1. The molecule has 2 rings (SSSR count). The van der Waals surface area contributed by atoms with Gasteiger partial charge >= 0.3 is 0 Å². The van der Waals surface area contributed by atoms with Gasteiger partial charge in [0.05, 0.1) is 6.54 Å². The fraction of sp³-hybridized carbons (Fsp3) is 0.182. The molecule has 17 heavy (non-hydrogen) atoms. The van der Waals surface area contributed by atoms with Crippen molar-refractivity contribution in [2.45, 2.75) is 0 Å². The number of nitrogens with zero attached hydrogens (tertiary/aromatic N) is 1. The van der Waals surface area contributed by atoms with E-state index in [1.807, 2.05) is 18.2 Å². The molecular formula is C11H12ClN3OS. The second kappa shape index (κ2) is 5.75. The molecule has 0 aliphatic heterocycles. The van der Waals surface area contributed by atoms with Crippen LogP contribution in [0.5, 0.6) is 5.75 Å². The van der Waals surface area contributed by atoms with Crippen LogP contribution in [0.1, 0.15) is 0 Å². The monoisotopic (exact) mass is 269 g/mol. The summed E-state index contributed by atoms with van der Waals surface area (Å²) in [4.78, 5) is 4.07. The molecule has 0 aliphatic carbocycles. The number of hydrogen-bond acceptors (Lipinski definition) is 5. The second-order valence-corrected chi connectivity index (χ2v) is 4.57. The summed E-state index contributed by atoms with van der Waals surface area (Å²) < 4.78 is 5.52. The molecular weight excluding hydrogens is 258 g/mol. The lowest BCUT2D eigenvalue weighted by Gasteiger charge is -2.07. The summed E-state index contributed by atoms with van der Waals surface area (Å²) in [7, 11) is 0. The van der Waals surface area contributed by atoms with E-state index in [4.69, 9.17) is 22.1 Å². The first-order valence-corrected chi connectivity index (χ1v) is 6.33. The highest BCUT2D eigenvalue weighted by molar-refractivity contribution is 7.14. The predicted octanol–water partition coefficient (Wildman–Crippen LogP) is 2.87. The Labute approximate surface area is 108 Å². The predicted molar refractivity (Wildman–Crippen MR) is 72.0 cm³/mol. The molecule has 0 atom stereocenters. The zero-order valence-corrected chi connectivity index (χ0v) is 10.6. The minimum atomic E-state index is 0.509. The van der Waals surface area contributed by atoms with Crippen molar-refractivity contribution in [3.63, 3.8) is 0 Å². The van der Waals surface area contributed by atoms with E-state index in [0.29, 0.717) is 24.0 Å². The van der Waals surface area contributed by atoms with Crippen LogP contribution < -0.4 is 15.8 Å².